The fourth-order valence-corrected chi connectivity index (χ4v) is 0.891. The maximum atomic E-state index is 9.76. The Labute approximate surface area is 90.4 Å². The lowest BCUT2D eigenvalue weighted by molar-refractivity contribution is -0.137. The molecule has 0 radical (unpaired) electrons. The van der Waals surface area contributed by atoms with Gasteiger partial charge in [-0.25, -0.2) is 0 Å². The molecular formula is C12H18O3. The van der Waals surface area contributed by atoms with E-state index in [1.165, 1.54) is 0 Å². The van der Waals surface area contributed by atoms with Crippen LogP contribution in [0.5, 0.6) is 5.75 Å². The molecule has 0 fully saturated rings. The summed E-state index contributed by atoms with van der Waals surface area (Å²) in [7, 11) is 0. The van der Waals surface area contributed by atoms with E-state index in [1.807, 2.05) is 32.0 Å². The second-order valence-corrected chi connectivity index (χ2v) is 3.28. The topological polar surface area (TPSA) is 57.5 Å². The fraction of sp³-hybridized carbons (Fsp3) is 0.417. The number of benzene rings is 1. The van der Waals surface area contributed by atoms with Gasteiger partial charge in [-0.3, -0.25) is 4.79 Å². The van der Waals surface area contributed by atoms with Crippen molar-refractivity contribution in [3.05, 3.63) is 29.8 Å². The van der Waals surface area contributed by atoms with Crippen LogP contribution in [0, 0.1) is 6.92 Å². The van der Waals surface area contributed by atoms with Crippen LogP contribution in [-0.4, -0.2) is 16.2 Å². The summed E-state index contributed by atoms with van der Waals surface area (Å²) in [5, 5.41) is 17.0. The van der Waals surface area contributed by atoms with Crippen LogP contribution in [0.1, 0.15) is 31.7 Å². The highest BCUT2D eigenvalue weighted by atomic mass is 16.4. The van der Waals surface area contributed by atoms with Gasteiger partial charge < -0.3 is 10.2 Å². The molecule has 15 heavy (non-hydrogen) atoms. The molecule has 0 bridgehead atoms. The van der Waals surface area contributed by atoms with Crippen LogP contribution in [0.2, 0.25) is 0 Å². The van der Waals surface area contributed by atoms with E-state index in [0.29, 0.717) is 12.2 Å². The molecule has 0 aliphatic heterocycles. The number of phenols is 1. The number of aryl methyl sites for hydroxylation is 1. The van der Waals surface area contributed by atoms with Gasteiger partial charge >= 0.3 is 5.97 Å². The van der Waals surface area contributed by atoms with Crippen molar-refractivity contribution < 1.29 is 15.0 Å². The van der Waals surface area contributed by atoms with Gasteiger partial charge in [-0.15, -0.1) is 0 Å². The Morgan fingerprint density at radius 3 is 2.20 bits per heavy atom. The molecule has 1 aromatic rings. The number of carboxylic acids is 1. The quantitative estimate of drug-likeness (QED) is 0.806. The highest BCUT2D eigenvalue weighted by Crippen LogP contribution is 2.12. The zero-order chi connectivity index (χ0) is 11.7. The molecule has 0 heterocycles. The molecular weight excluding hydrogens is 192 g/mol. The molecule has 3 nitrogen and oxygen atoms in total. The summed E-state index contributed by atoms with van der Waals surface area (Å²) in [5.74, 6) is -0.325. The standard InChI is InChI=1S/C7H8O.C5H10O2/c1-6-4-2-3-5-7(6)8;1-2-3-4-5(6)7/h2-5,8H,1H3;2-4H2,1H3,(H,6,7). The van der Waals surface area contributed by atoms with Gasteiger partial charge in [-0.2, -0.15) is 0 Å². The van der Waals surface area contributed by atoms with Gasteiger partial charge in [-0.05, 0) is 25.0 Å². The molecule has 3 heteroatoms. The van der Waals surface area contributed by atoms with Crippen molar-refractivity contribution in [1.82, 2.24) is 0 Å². The zero-order valence-corrected chi connectivity index (χ0v) is 9.23. The summed E-state index contributed by atoms with van der Waals surface area (Å²) < 4.78 is 0. The number of unbranched alkanes of at least 4 members (excludes halogenated alkanes) is 1. The molecule has 0 amide bonds. The Bertz CT molecular complexity index is 274. The van der Waals surface area contributed by atoms with Crippen molar-refractivity contribution in [3.63, 3.8) is 0 Å². The van der Waals surface area contributed by atoms with Crippen LogP contribution in [-0.2, 0) is 4.79 Å². The van der Waals surface area contributed by atoms with Crippen LogP contribution in [0.15, 0.2) is 24.3 Å². The maximum Gasteiger partial charge on any atom is 0.303 e. The number of hydrogen-bond donors (Lipinski definition) is 2. The van der Waals surface area contributed by atoms with Crippen LogP contribution >= 0.6 is 0 Å². The molecule has 1 aromatic carbocycles. The minimum Gasteiger partial charge on any atom is -0.508 e. The van der Waals surface area contributed by atoms with E-state index in [4.69, 9.17) is 10.2 Å². The molecule has 0 aliphatic rings. The largest absolute Gasteiger partial charge is 0.508 e. The van der Waals surface area contributed by atoms with Crippen molar-refractivity contribution in [2.45, 2.75) is 33.1 Å². The first-order valence-corrected chi connectivity index (χ1v) is 5.04. The number of para-hydroxylation sites is 1. The highest BCUT2D eigenvalue weighted by Gasteiger charge is 1.90. The summed E-state index contributed by atoms with van der Waals surface area (Å²) in [4.78, 5) is 9.76. The number of rotatable bonds is 3. The predicted molar refractivity (Wildman–Crippen MR) is 60.0 cm³/mol. The molecule has 0 saturated carbocycles. The highest BCUT2D eigenvalue weighted by molar-refractivity contribution is 5.66. The fourth-order valence-electron chi connectivity index (χ4n) is 0.891. The Morgan fingerprint density at radius 2 is 1.93 bits per heavy atom. The van der Waals surface area contributed by atoms with E-state index in [2.05, 4.69) is 0 Å². The van der Waals surface area contributed by atoms with Gasteiger partial charge in [0.25, 0.3) is 0 Å². The Hall–Kier alpha value is -1.51. The Kier molecular flexibility index (Phi) is 7.06. The minimum absolute atomic E-state index is 0.316. The van der Waals surface area contributed by atoms with E-state index < -0.39 is 5.97 Å². The van der Waals surface area contributed by atoms with Crippen LogP contribution in [0.3, 0.4) is 0 Å². The number of phenolic OH excluding ortho intramolecular Hbond substituents is 1. The normalized spacial score (nSPS) is 8.93. The number of aromatic hydroxyl groups is 1. The van der Waals surface area contributed by atoms with Gasteiger partial charge in [-0.1, -0.05) is 31.5 Å². The average molecular weight is 210 g/mol. The molecule has 0 aromatic heterocycles. The van der Waals surface area contributed by atoms with Crippen molar-refractivity contribution in [2.75, 3.05) is 0 Å². The van der Waals surface area contributed by atoms with Crippen molar-refractivity contribution in [3.8, 4) is 5.75 Å². The van der Waals surface area contributed by atoms with E-state index in [0.717, 1.165) is 18.4 Å². The van der Waals surface area contributed by atoms with E-state index in [-0.39, 0.29) is 0 Å². The van der Waals surface area contributed by atoms with E-state index in [1.54, 1.807) is 6.07 Å². The molecule has 0 aliphatic carbocycles. The maximum absolute atomic E-state index is 9.76. The van der Waals surface area contributed by atoms with Gasteiger partial charge in [0, 0.05) is 6.42 Å². The summed E-state index contributed by atoms with van der Waals surface area (Å²) in [5.41, 5.74) is 0.924. The first kappa shape index (κ1) is 13.5. The van der Waals surface area contributed by atoms with Crippen LogP contribution in [0.25, 0.3) is 0 Å². The molecule has 0 atom stereocenters. The summed E-state index contributed by atoms with van der Waals surface area (Å²) in [6.07, 6.45) is 2.08. The number of aliphatic carboxylic acids is 1. The number of carboxylic acid groups (broad SMARTS) is 1. The van der Waals surface area contributed by atoms with Crippen molar-refractivity contribution >= 4 is 5.97 Å². The Morgan fingerprint density at radius 1 is 1.33 bits per heavy atom. The molecule has 0 unspecified atom stereocenters. The van der Waals surface area contributed by atoms with Gasteiger partial charge in [0.15, 0.2) is 0 Å². The third-order valence-corrected chi connectivity index (χ3v) is 1.86. The minimum atomic E-state index is -0.693. The lowest BCUT2D eigenvalue weighted by Gasteiger charge is -1.92. The third kappa shape index (κ3) is 7.55. The first-order chi connectivity index (χ1) is 7.07. The average Bonchev–Trinajstić information content (AvgIpc) is 2.20. The van der Waals surface area contributed by atoms with Crippen LogP contribution < -0.4 is 0 Å². The third-order valence-electron chi connectivity index (χ3n) is 1.86. The van der Waals surface area contributed by atoms with E-state index >= 15 is 0 Å². The smallest absolute Gasteiger partial charge is 0.303 e. The lowest BCUT2D eigenvalue weighted by atomic mass is 10.2. The van der Waals surface area contributed by atoms with Crippen LogP contribution in [0.4, 0.5) is 0 Å². The lowest BCUT2D eigenvalue weighted by Crippen LogP contribution is -1.91. The number of carbonyl (C=O) groups is 1. The molecule has 2 N–H and O–H groups in total. The SMILES string of the molecule is CCCCC(=O)O.Cc1ccccc1O. The second kappa shape index (κ2) is 7.85. The summed E-state index contributed by atoms with van der Waals surface area (Å²) in [6, 6.07) is 7.25. The van der Waals surface area contributed by atoms with Gasteiger partial charge in [0.05, 0.1) is 0 Å². The molecule has 0 spiro atoms. The molecule has 84 valence electrons. The summed E-state index contributed by atoms with van der Waals surface area (Å²) in [6.45, 7) is 3.85. The monoisotopic (exact) mass is 210 g/mol. The Balaban J connectivity index is 0.000000265. The number of hydrogen-bond acceptors (Lipinski definition) is 2. The predicted octanol–water partition coefficient (Wildman–Crippen LogP) is 2.96. The molecule has 1 rings (SSSR count). The van der Waals surface area contributed by atoms with Crippen molar-refractivity contribution in [2.24, 2.45) is 0 Å². The second-order valence-electron chi connectivity index (χ2n) is 3.28. The summed E-state index contributed by atoms with van der Waals surface area (Å²) >= 11 is 0. The van der Waals surface area contributed by atoms with Gasteiger partial charge in [0.2, 0.25) is 0 Å². The zero-order valence-electron chi connectivity index (χ0n) is 9.23. The van der Waals surface area contributed by atoms with Crippen molar-refractivity contribution in [1.29, 1.82) is 0 Å². The first-order valence-electron chi connectivity index (χ1n) is 5.04. The van der Waals surface area contributed by atoms with Gasteiger partial charge in [0.1, 0.15) is 5.75 Å². The van der Waals surface area contributed by atoms with E-state index in [9.17, 15) is 4.79 Å². The molecule has 0 saturated heterocycles.